The maximum atomic E-state index is 6.15. The van der Waals surface area contributed by atoms with E-state index in [2.05, 4.69) is 11.7 Å². The molecule has 2 aromatic carbocycles. The lowest BCUT2D eigenvalue weighted by atomic mass is 9.90. The van der Waals surface area contributed by atoms with Crippen molar-refractivity contribution in [2.75, 3.05) is 34.4 Å². The summed E-state index contributed by atoms with van der Waals surface area (Å²) in [6.45, 7) is 7.56. The highest BCUT2D eigenvalue weighted by Gasteiger charge is 2.23. The highest BCUT2D eigenvalue weighted by atomic mass is 14.8. The zero-order valence-corrected chi connectivity index (χ0v) is 12.2. The Labute approximate surface area is 123 Å². The number of nitrogens with zero attached hydrogens (tertiary/aromatic N) is 1. The van der Waals surface area contributed by atoms with E-state index >= 15 is 0 Å². The summed E-state index contributed by atoms with van der Waals surface area (Å²) in [5.41, 5.74) is 39.3. The maximum absolute atomic E-state index is 6.15. The lowest BCUT2D eigenvalue weighted by Crippen LogP contribution is -2.10. The molecule has 0 saturated carbocycles. The van der Waals surface area contributed by atoms with Crippen LogP contribution >= 0.6 is 0 Å². The zero-order chi connectivity index (χ0) is 16.1. The van der Waals surface area contributed by atoms with Gasteiger partial charge in [-0.25, -0.2) is 0 Å². The van der Waals surface area contributed by atoms with E-state index < -0.39 is 0 Å². The molecule has 0 fully saturated rings. The van der Waals surface area contributed by atoms with Crippen molar-refractivity contribution in [3.8, 4) is 0 Å². The Hall–Kier alpha value is -2.83. The number of rotatable bonds is 2. The smallest absolute Gasteiger partial charge is 0.0810 e. The maximum Gasteiger partial charge on any atom is 0.0810 e. The second kappa shape index (κ2) is 4.62. The van der Waals surface area contributed by atoms with Crippen LogP contribution in [0.5, 0.6) is 0 Å². The van der Waals surface area contributed by atoms with Gasteiger partial charge in [-0.15, -0.1) is 0 Å². The first-order valence-corrected chi connectivity index (χ1v) is 6.47. The lowest BCUT2D eigenvalue weighted by Gasteiger charge is -2.22. The molecule has 2 aromatic rings. The number of aliphatic imine (C=N–C) groups is 1. The first-order valence-electron chi connectivity index (χ1n) is 6.47. The molecule has 0 heterocycles. The molecule has 7 nitrogen and oxygen atoms in total. The van der Waals surface area contributed by atoms with E-state index in [-0.39, 0.29) is 28.7 Å². The van der Waals surface area contributed by atoms with Gasteiger partial charge in [0.1, 0.15) is 0 Å². The number of nitrogen functional groups attached to an aromatic ring is 6. The van der Waals surface area contributed by atoms with Crippen LogP contribution in [0.25, 0.3) is 10.8 Å². The summed E-state index contributed by atoms with van der Waals surface area (Å²) in [6.07, 6.45) is 0. The van der Waals surface area contributed by atoms with Crippen LogP contribution in [0.1, 0.15) is 25.3 Å². The Morgan fingerprint density at radius 3 is 1.57 bits per heavy atom. The van der Waals surface area contributed by atoms with E-state index in [4.69, 9.17) is 34.4 Å². The quantitative estimate of drug-likeness (QED) is 0.363. The van der Waals surface area contributed by atoms with E-state index in [0.717, 1.165) is 5.56 Å². The van der Waals surface area contributed by atoms with Crippen LogP contribution in [0.15, 0.2) is 4.99 Å². The molecular formula is C14H21N7. The van der Waals surface area contributed by atoms with Crippen molar-refractivity contribution in [2.24, 2.45) is 4.99 Å². The highest BCUT2D eigenvalue weighted by Crippen LogP contribution is 2.50. The second-order valence-electron chi connectivity index (χ2n) is 5.31. The van der Waals surface area contributed by atoms with Gasteiger partial charge in [0.2, 0.25) is 0 Å². The van der Waals surface area contributed by atoms with Gasteiger partial charge in [0.25, 0.3) is 0 Å². The molecule has 0 aliphatic carbocycles. The predicted octanol–water partition coefficient (Wildman–Crippen LogP) is 1.79. The first kappa shape index (κ1) is 14.6. The summed E-state index contributed by atoms with van der Waals surface area (Å²) < 4.78 is 0. The van der Waals surface area contributed by atoms with Gasteiger partial charge in [-0.3, -0.25) is 4.99 Å². The van der Waals surface area contributed by atoms with Gasteiger partial charge >= 0.3 is 0 Å². The molecule has 0 bridgehead atoms. The summed E-state index contributed by atoms with van der Waals surface area (Å²) in [4.78, 5) is 4.08. The van der Waals surface area contributed by atoms with Crippen LogP contribution in [-0.4, -0.2) is 6.72 Å². The molecule has 7 heteroatoms. The Morgan fingerprint density at radius 1 is 0.714 bits per heavy atom. The van der Waals surface area contributed by atoms with E-state index in [1.165, 1.54) is 0 Å². The topological polar surface area (TPSA) is 168 Å². The molecule has 0 unspecified atom stereocenters. The summed E-state index contributed by atoms with van der Waals surface area (Å²) in [5, 5.41) is 1.02. The molecule has 12 N–H and O–H groups in total. The van der Waals surface area contributed by atoms with Gasteiger partial charge < -0.3 is 34.4 Å². The van der Waals surface area contributed by atoms with Gasteiger partial charge in [-0.2, -0.15) is 0 Å². The van der Waals surface area contributed by atoms with E-state index in [0.29, 0.717) is 27.8 Å². The molecule has 2 rings (SSSR count). The molecule has 0 radical (unpaired) electrons. The Balaban J connectivity index is 3.24. The fourth-order valence-corrected chi connectivity index (χ4v) is 2.65. The summed E-state index contributed by atoms with van der Waals surface area (Å²) in [7, 11) is 0. The van der Waals surface area contributed by atoms with Crippen LogP contribution in [0.3, 0.4) is 0 Å². The van der Waals surface area contributed by atoms with E-state index in [1.54, 1.807) is 0 Å². The molecule has 0 aliphatic rings. The predicted molar refractivity (Wildman–Crippen MR) is 93.7 cm³/mol. The first-order chi connectivity index (χ1) is 9.73. The Morgan fingerprint density at radius 2 is 1.14 bits per heavy atom. The molecule has 0 aromatic heterocycles. The molecule has 0 atom stereocenters. The minimum absolute atomic E-state index is 0.0802. The van der Waals surface area contributed by atoms with Crippen molar-refractivity contribution in [2.45, 2.75) is 19.8 Å². The monoisotopic (exact) mass is 287 g/mol. The van der Waals surface area contributed by atoms with Crippen LogP contribution < -0.4 is 34.4 Å². The van der Waals surface area contributed by atoms with Crippen molar-refractivity contribution >= 4 is 57.3 Å². The standard InChI is InChI=1S/C14H21N7/c1-4(2)5-8(15)9(16)6-7(14(5)21-3)11(18)13(20)12(19)10(6)17/h4H,3,15-20H2,1-2H3. The zero-order valence-electron chi connectivity index (χ0n) is 12.2. The Bertz CT molecular complexity index is 762. The average molecular weight is 287 g/mol. The number of hydrogen-bond donors (Lipinski definition) is 6. The summed E-state index contributed by atoms with van der Waals surface area (Å²) >= 11 is 0. The van der Waals surface area contributed by atoms with Gasteiger partial charge in [0, 0.05) is 16.3 Å². The highest BCUT2D eigenvalue weighted by molar-refractivity contribution is 6.22. The molecule has 0 saturated heterocycles. The third kappa shape index (κ3) is 1.78. The molecule has 0 spiro atoms. The summed E-state index contributed by atoms with van der Waals surface area (Å²) in [5.74, 6) is 0.0802. The largest absolute Gasteiger partial charge is 0.397 e. The van der Waals surface area contributed by atoms with Crippen molar-refractivity contribution in [3.05, 3.63) is 5.56 Å². The van der Waals surface area contributed by atoms with Crippen LogP contribution in [0, 0.1) is 0 Å². The molecule has 0 aliphatic heterocycles. The van der Waals surface area contributed by atoms with Gasteiger partial charge in [0.05, 0.1) is 39.8 Å². The van der Waals surface area contributed by atoms with Gasteiger partial charge in [-0.05, 0) is 12.6 Å². The molecular weight excluding hydrogens is 266 g/mol. The molecule has 0 amide bonds. The third-order valence-corrected chi connectivity index (χ3v) is 3.74. The van der Waals surface area contributed by atoms with Crippen LogP contribution in [0.2, 0.25) is 0 Å². The van der Waals surface area contributed by atoms with Crippen molar-refractivity contribution in [1.82, 2.24) is 0 Å². The number of hydrogen-bond acceptors (Lipinski definition) is 7. The minimum Gasteiger partial charge on any atom is -0.397 e. The number of nitrogens with two attached hydrogens (primary N) is 6. The van der Waals surface area contributed by atoms with Crippen molar-refractivity contribution in [1.29, 1.82) is 0 Å². The van der Waals surface area contributed by atoms with E-state index in [9.17, 15) is 0 Å². The second-order valence-corrected chi connectivity index (χ2v) is 5.31. The minimum atomic E-state index is 0.0802. The van der Waals surface area contributed by atoms with Crippen molar-refractivity contribution in [3.63, 3.8) is 0 Å². The fraction of sp³-hybridized carbons (Fsp3) is 0.214. The Kier molecular flexibility index (Phi) is 3.21. The number of anilines is 6. The fourth-order valence-electron chi connectivity index (χ4n) is 2.65. The normalized spacial score (nSPS) is 11.2. The molecule has 21 heavy (non-hydrogen) atoms. The van der Waals surface area contributed by atoms with Gasteiger partial charge in [-0.1, -0.05) is 13.8 Å². The van der Waals surface area contributed by atoms with Gasteiger partial charge in [0.15, 0.2) is 0 Å². The third-order valence-electron chi connectivity index (χ3n) is 3.74. The average Bonchev–Trinajstić information content (AvgIpc) is 2.44. The van der Waals surface area contributed by atoms with Crippen LogP contribution in [0.4, 0.5) is 39.8 Å². The molecule has 112 valence electrons. The summed E-state index contributed by atoms with van der Waals surface area (Å²) in [6, 6.07) is 0. The van der Waals surface area contributed by atoms with E-state index in [1.807, 2.05) is 13.8 Å². The van der Waals surface area contributed by atoms with Crippen molar-refractivity contribution < 1.29 is 0 Å². The SMILES string of the molecule is C=Nc1c(C(C)C)c(N)c(N)c2c(N)c(N)c(N)c(N)c12. The van der Waals surface area contributed by atoms with Crippen LogP contribution in [-0.2, 0) is 0 Å². The lowest BCUT2D eigenvalue weighted by molar-refractivity contribution is 0.873. The number of benzene rings is 2. The number of fused-ring (bicyclic) bond motifs is 1.